The monoisotopic (exact) mass is 416 g/mol. The average molecular weight is 417 g/mol. The number of quaternary nitrogens is 1. The Balaban J connectivity index is 1.28. The van der Waals surface area contributed by atoms with Crippen molar-refractivity contribution in [2.45, 2.75) is 13.0 Å². The van der Waals surface area contributed by atoms with Crippen LogP contribution in [0.2, 0.25) is 0 Å². The van der Waals surface area contributed by atoms with E-state index in [-0.39, 0.29) is 12.3 Å². The summed E-state index contributed by atoms with van der Waals surface area (Å²) in [6.07, 6.45) is 0.290. The molecule has 1 heterocycles. The standard InChI is InChI=1S/C26H29N3O2/c1-31-25-10-6-5-9-22(25)19-26(30)27-23-11-13-24(14-12-23)29-17-15-28(16-18-29)20-21-7-3-2-4-8-21/h2-14H,15-20H2,1H3,(H,27,30)/p+1. The van der Waals surface area contributed by atoms with Crippen LogP contribution in [0.15, 0.2) is 78.9 Å². The molecule has 4 rings (SSSR count). The van der Waals surface area contributed by atoms with E-state index in [2.05, 4.69) is 52.7 Å². The number of ether oxygens (including phenoxy) is 1. The maximum absolute atomic E-state index is 12.4. The number of benzene rings is 3. The van der Waals surface area contributed by atoms with Crippen molar-refractivity contribution >= 4 is 17.3 Å². The molecule has 0 saturated carbocycles. The summed E-state index contributed by atoms with van der Waals surface area (Å²) in [5.74, 6) is 0.692. The number of hydrogen-bond acceptors (Lipinski definition) is 3. The molecule has 3 aromatic rings. The van der Waals surface area contributed by atoms with Crippen molar-refractivity contribution in [2.75, 3.05) is 43.5 Å². The third-order valence-corrected chi connectivity index (χ3v) is 5.83. The van der Waals surface area contributed by atoms with Crippen LogP contribution in [0, 0.1) is 0 Å². The van der Waals surface area contributed by atoms with Gasteiger partial charge in [-0.15, -0.1) is 0 Å². The third kappa shape index (κ3) is 5.64. The minimum absolute atomic E-state index is 0.0459. The number of rotatable bonds is 7. The van der Waals surface area contributed by atoms with E-state index in [1.165, 1.54) is 11.3 Å². The SMILES string of the molecule is COc1ccccc1CC(=O)Nc1ccc(N2CC[NH+](Cc3ccccc3)CC2)cc1. The zero-order valence-corrected chi connectivity index (χ0v) is 18.0. The molecule has 1 amide bonds. The first-order chi connectivity index (χ1) is 15.2. The van der Waals surface area contributed by atoms with Gasteiger partial charge in [-0.1, -0.05) is 48.5 Å². The van der Waals surface area contributed by atoms with Gasteiger partial charge in [0.05, 0.1) is 39.7 Å². The summed E-state index contributed by atoms with van der Waals surface area (Å²) >= 11 is 0. The van der Waals surface area contributed by atoms with Crippen LogP contribution in [-0.2, 0) is 17.8 Å². The lowest BCUT2D eigenvalue weighted by Gasteiger charge is -2.33. The summed E-state index contributed by atoms with van der Waals surface area (Å²) in [6.45, 7) is 5.44. The van der Waals surface area contributed by atoms with E-state index < -0.39 is 0 Å². The Morgan fingerprint density at radius 2 is 1.61 bits per heavy atom. The number of nitrogens with one attached hydrogen (secondary N) is 2. The van der Waals surface area contributed by atoms with Crippen LogP contribution in [0.4, 0.5) is 11.4 Å². The molecular formula is C26H30N3O2+. The summed E-state index contributed by atoms with van der Waals surface area (Å²) in [4.78, 5) is 16.5. The number of hydrogen-bond donors (Lipinski definition) is 2. The van der Waals surface area contributed by atoms with E-state index in [0.717, 1.165) is 49.7 Å². The molecule has 5 nitrogen and oxygen atoms in total. The van der Waals surface area contributed by atoms with Crippen LogP contribution in [0.25, 0.3) is 0 Å². The first kappa shape index (κ1) is 20.9. The van der Waals surface area contributed by atoms with Gasteiger partial charge in [0.25, 0.3) is 0 Å². The van der Waals surface area contributed by atoms with Crippen molar-refractivity contribution < 1.29 is 14.4 Å². The molecule has 1 saturated heterocycles. The second kappa shape index (κ2) is 10.1. The molecule has 0 spiro atoms. The highest BCUT2D eigenvalue weighted by Gasteiger charge is 2.20. The fourth-order valence-electron chi connectivity index (χ4n) is 4.13. The maximum atomic E-state index is 12.4. The number of carbonyl (C=O) groups excluding carboxylic acids is 1. The molecule has 1 aliphatic rings. The topological polar surface area (TPSA) is 46.0 Å². The van der Waals surface area contributed by atoms with E-state index in [4.69, 9.17) is 4.74 Å². The molecule has 0 atom stereocenters. The highest BCUT2D eigenvalue weighted by atomic mass is 16.5. The summed E-state index contributed by atoms with van der Waals surface area (Å²) < 4.78 is 5.33. The molecule has 0 bridgehead atoms. The maximum Gasteiger partial charge on any atom is 0.228 e. The van der Waals surface area contributed by atoms with E-state index in [9.17, 15) is 4.79 Å². The highest BCUT2D eigenvalue weighted by molar-refractivity contribution is 5.92. The Bertz CT molecular complexity index is 981. The number of carbonyl (C=O) groups is 1. The van der Waals surface area contributed by atoms with E-state index >= 15 is 0 Å². The Morgan fingerprint density at radius 3 is 2.32 bits per heavy atom. The molecule has 2 N–H and O–H groups in total. The van der Waals surface area contributed by atoms with E-state index in [0.29, 0.717) is 0 Å². The molecule has 3 aromatic carbocycles. The van der Waals surface area contributed by atoms with E-state index in [1.807, 2.05) is 36.4 Å². The third-order valence-electron chi connectivity index (χ3n) is 5.83. The van der Waals surface area contributed by atoms with Crippen molar-refractivity contribution in [3.05, 3.63) is 90.0 Å². The first-order valence-corrected chi connectivity index (χ1v) is 10.9. The van der Waals surface area contributed by atoms with Crippen molar-refractivity contribution in [1.29, 1.82) is 0 Å². The molecule has 0 unspecified atom stereocenters. The van der Waals surface area contributed by atoms with Gasteiger partial charge in [-0.3, -0.25) is 4.79 Å². The Morgan fingerprint density at radius 1 is 0.935 bits per heavy atom. The second-order valence-corrected chi connectivity index (χ2v) is 7.98. The molecule has 0 aliphatic carbocycles. The Labute approximate surface area is 184 Å². The van der Waals surface area contributed by atoms with Crippen molar-refractivity contribution in [3.8, 4) is 5.75 Å². The molecule has 1 aliphatic heterocycles. The first-order valence-electron chi connectivity index (χ1n) is 10.9. The number of para-hydroxylation sites is 1. The zero-order chi connectivity index (χ0) is 21.5. The highest BCUT2D eigenvalue weighted by Crippen LogP contribution is 2.20. The van der Waals surface area contributed by atoms with Gasteiger partial charge in [-0.2, -0.15) is 0 Å². The molecule has 5 heteroatoms. The van der Waals surface area contributed by atoms with Crippen LogP contribution >= 0.6 is 0 Å². The van der Waals surface area contributed by atoms with Crippen LogP contribution in [-0.4, -0.2) is 39.2 Å². The number of anilines is 2. The van der Waals surface area contributed by atoms with Crippen molar-refractivity contribution in [1.82, 2.24) is 0 Å². The summed E-state index contributed by atoms with van der Waals surface area (Å²) in [6, 6.07) is 26.5. The van der Waals surface area contributed by atoms with Crippen LogP contribution < -0.4 is 19.9 Å². The smallest absolute Gasteiger partial charge is 0.228 e. The van der Waals surface area contributed by atoms with Gasteiger partial charge in [0.1, 0.15) is 12.3 Å². The summed E-state index contributed by atoms with van der Waals surface area (Å²) in [5, 5.41) is 2.99. The normalized spacial score (nSPS) is 14.3. The second-order valence-electron chi connectivity index (χ2n) is 7.98. The minimum Gasteiger partial charge on any atom is -0.496 e. The predicted molar refractivity (Wildman–Crippen MR) is 125 cm³/mol. The lowest BCUT2D eigenvalue weighted by Crippen LogP contribution is -3.13. The summed E-state index contributed by atoms with van der Waals surface area (Å²) in [5.41, 5.74) is 4.31. The van der Waals surface area contributed by atoms with E-state index in [1.54, 1.807) is 12.0 Å². The zero-order valence-electron chi connectivity index (χ0n) is 18.0. The van der Waals surface area contributed by atoms with Crippen LogP contribution in [0.1, 0.15) is 11.1 Å². The Kier molecular flexibility index (Phi) is 6.85. The molecule has 31 heavy (non-hydrogen) atoms. The minimum atomic E-state index is -0.0459. The number of piperazine rings is 1. The van der Waals surface area contributed by atoms with Gasteiger partial charge in [-0.05, 0) is 30.3 Å². The fraction of sp³-hybridized carbons (Fsp3) is 0.269. The lowest BCUT2D eigenvalue weighted by atomic mass is 10.1. The lowest BCUT2D eigenvalue weighted by molar-refractivity contribution is -0.914. The van der Waals surface area contributed by atoms with Gasteiger partial charge in [0, 0.05) is 22.5 Å². The molecule has 0 aromatic heterocycles. The average Bonchev–Trinajstić information content (AvgIpc) is 2.81. The molecule has 0 radical (unpaired) electrons. The Hall–Kier alpha value is -3.31. The number of nitrogens with zero attached hydrogens (tertiary/aromatic N) is 1. The largest absolute Gasteiger partial charge is 0.496 e. The van der Waals surface area contributed by atoms with Gasteiger partial charge in [0.2, 0.25) is 5.91 Å². The molecule has 160 valence electrons. The van der Waals surface area contributed by atoms with Gasteiger partial charge in [0.15, 0.2) is 0 Å². The van der Waals surface area contributed by atoms with Gasteiger partial charge >= 0.3 is 0 Å². The van der Waals surface area contributed by atoms with Crippen molar-refractivity contribution in [2.24, 2.45) is 0 Å². The number of amides is 1. The summed E-state index contributed by atoms with van der Waals surface area (Å²) in [7, 11) is 1.62. The van der Waals surface area contributed by atoms with Crippen LogP contribution in [0.3, 0.4) is 0 Å². The van der Waals surface area contributed by atoms with Gasteiger partial charge in [-0.25, -0.2) is 0 Å². The predicted octanol–water partition coefficient (Wildman–Crippen LogP) is 2.78. The fourth-order valence-corrected chi connectivity index (χ4v) is 4.13. The van der Waals surface area contributed by atoms with Crippen molar-refractivity contribution in [3.63, 3.8) is 0 Å². The number of methoxy groups -OCH3 is 1. The van der Waals surface area contributed by atoms with Crippen LogP contribution in [0.5, 0.6) is 5.75 Å². The quantitative estimate of drug-likeness (QED) is 0.623. The molecular weight excluding hydrogens is 386 g/mol. The van der Waals surface area contributed by atoms with Gasteiger partial charge < -0.3 is 19.9 Å². The molecule has 1 fully saturated rings.